The number of ketones is 1. The third-order valence-corrected chi connectivity index (χ3v) is 4.71. The molecule has 0 fully saturated rings. The standard InChI is InChI=1S/C14H11NO5S/c1-10(16)11-2-6-13(7-3-11)21(19,20)14-8-4-12(5-9-14)15(17)18/h2-9H,1H3. The van der Waals surface area contributed by atoms with E-state index < -0.39 is 14.8 Å². The Kier molecular flexibility index (Phi) is 3.86. The van der Waals surface area contributed by atoms with E-state index in [1.807, 2.05) is 0 Å². The smallest absolute Gasteiger partial charge is 0.269 e. The van der Waals surface area contributed by atoms with Crippen LogP contribution in [-0.4, -0.2) is 19.1 Å². The molecule has 108 valence electrons. The van der Waals surface area contributed by atoms with Gasteiger partial charge in [-0.15, -0.1) is 0 Å². The number of rotatable bonds is 4. The Morgan fingerprint density at radius 2 is 1.38 bits per heavy atom. The van der Waals surface area contributed by atoms with Gasteiger partial charge in [0.1, 0.15) is 0 Å². The van der Waals surface area contributed by atoms with Crippen LogP contribution >= 0.6 is 0 Å². The largest absolute Gasteiger partial charge is 0.295 e. The minimum atomic E-state index is -3.76. The molecule has 0 saturated heterocycles. The number of hydrogen-bond acceptors (Lipinski definition) is 5. The number of carbonyl (C=O) groups is 1. The van der Waals surface area contributed by atoms with Gasteiger partial charge in [0, 0.05) is 17.7 Å². The van der Waals surface area contributed by atoms with Crippen molar-refractivity contribution in [2.45, 2.75) is 16.7 Å². The first-order chi connectivity index (χ1) is 9.82. The summed E-state index contributed by atoms with van der Waals surface area (Å²) in [5.74, 6) is -0.158. The molecule has 2 aromatic rings. The van der Waals surface area contributed by atoms with Crippen LogP contribution in [0.25, 0.3) is 0 Å². The molecular weight excluding hydrogens is 294 g/mol. The molecule has 0 amide bonds. The molecule has 0 radical (unpaired) electrons. The Morgan fingerprint density at radius 3 is 1.76 bits per heavy atom. The van der Waals surface area contributed by atoms with Crippen molar-refractivity contribution in [3.05, 3.63) is 64.2 Å². The maximum atomic E-state index is 12.3. The molecule has 7 heteroatoms. The molecule has 0 aliphatic heterocycles. The van der Waals surface area contributed by atoms with Gasteiger partial charge in [0.05, 0.1) is 14.7 Å². The molecule has 0 N–H and O–H groups in total. The van der Waals surface area contributed by atoms with Gasteiger partial charge in [0.25, 0.3) is 5.69 Å². The number of nitro benzene ring substituents is 1. The summed E-state index contributed by atoms with van der Waals surface area (Å²) in [6.45, 7) is 1.39. The van der Waals surface area contributed by atoms with Gasteiger partial charge >= 0.3 is 0 Å². The van der Waals surface area contributed by atoms with Crippen molar-refractivity contribution < 1.29 is 18.1 Å². The third-order valence-electron chi connectivity index (χ3n) is 2.93. The van der Waals surface area contributed by atoms with Crippen LogP contribution in [0.15, 0.2) is 58.3 Å². The van der Waals surface area contributed by atoms with Crippen molar-refractivity contribution in [3.8, 4) is 0 Å². The Labute approximate surface area is 121 Å². The third kappa shape index (κ3) is 2.97. The van der Waals surface area contributed by atoms with Gasteiger partial charge in [-0.1, -0.05) is 12.1 Å². The van der Waals surface area contributed by atoms with E-state index in [4.69, 9.17) is 0 Å². The Morgan fingerprint density at radius 1 is 0.952 bits per heavy atom. The molecule has 0 unspecified atom stereocenters. The topological polar surface area (TPSA) is 94.3 Å². The van der Waals surface area contributed by atoms with E-state index in [0.717, 1.165) is 12.1 Å². The molecule has 0 aromatic heterocycles. The average Bonchev–Trinajstić information content (AvgIpc) is 2.47. The number of nitro groups is 1. The number of sulfone groups is 1. The van der Waals surface area contributed by atoms with Crippen molar-refractivity contribution in [2.75, 3.05) is 0 Å². The highest BCUT2D eigenvalue weighted by molar-refractivity contribution is 7.91. The predicted octanol–water partition coefficient (Wildman–Crippen LogP) is 2.63. The summed E-state index contributed by atoms with van der Waals surface area (Å²) in [5, 5.41) is 10.6. The van der Waals surface area contributed by atoms with Gasteiger partial charge < -0.3 is 0 Å². The van der Waals surface area contributed by atoms with Gasteiger partial charge in [-0.3, -0.25) is 14.9 Å². The summed E-state index contributed by atoms with van der Waals surface area (Å²) < 4.78 is 24.7. The molecule has 6 nitrogen and oxygen atoms in total. The van der Waals surface area contributed by atoms with Gasteiger partial charge in [0.15, 0.2) is 5.78 Å². The zero-order chi connectivity index (χ0) is 15.6. The molecular formula is C14H11NO5S. The van der Waals surface area contributed by atoms with E-state index in [9.17, 15) is 23.3 Å². The Balaban J connectivity index is 2.41. The molecule has 21 heavy (non-hydrogen) atoms. The molecule has 0 saturated carbocycles. The maximum Gasteiger partial charge on any atom is 0.269 e. The number of benzene rings is 2. The summed E-state index contributed by atoms with van der Waals surface area (Å²) in [7, 11) is -3.76. The van der Waals surface area contributed by atoms with Crippen LogP contribution in [0.5, 0.6) is 0 Å². The van der Waals surface area contributed by atoms with E-state index in [1.54, 1.807) is 0 Å². The van der Waals surface area contributed by atoms with E-state index in [0.29, 0.717) is 5.56 Å². The number of non-ortho nitro benzene ring substituents is 1. The first kappa shape index (κ1) is 14.9. The number of Topliss-reactive ketones (excluding diaryl/α,β-unsaturated/α-hetero) is 1. The van der Waals surface area contributed by atoms with E-state index in [1.165, 1.54) is 43.3 Å². The van der Waals surface area contributed by atoms with Crippen molar-refractivity contribution in [1.82, 2.24) is 0 Å². The second-order valence-electron chi connectivity index (χ2n) is 4.34. The van der Waals surface area contributed by atoms with Crippen molar-refractivity contribution in [1.29, 1.82) is 0 Å². The molecule has 0 heterocycles. The van der Waals surface area contributed by atoms with Crippen LogP contribution < -0.4 is 0 Å². The quantitative estimate of drug-likeness (QED) is 0.491. The van der Waals surface area contributed by atoms with Crippen LogP contribution in [0.1, 0.15) is 17.3 Å². The highest BCUT2D eigenvalue weighted by Crippen LogP contribution is 2.23. The maximum absolute atomic E-state index is 12.3. The van der Waals surface area contributed by atoms with E-state index >= 15 is 0 Å². The van der Waals surface area contributed by atoms with Gasteiger partial charge in [-0.2, -0.15) is 0 Å². The second-order valence-corrected chi connectivity index (χ2v) is 6.28. The van der Waals surface area contributed by atoms with Crippen LogP contribution in [0.3, 0.4) is 0 Å². The monoisotopic (exact) mass is 305 g/mol. The second kappa shape index (κ2) is 5.45. The first-order valence-electron chi connectivity index (χ1n) is 5.93. The zero-order valence-electron chi connectivity index (χ0n) is 11.0. The Hall–Kier alpha value is -2.54. The summed E-state index contributed by atoms with van der Waals surface area (Å²) in [6, 6.07) is 10.2. The van der Waals surface area contributed by atoms with Crippen LogP contribution in [0, 0.1) is 10.1 Å². The zero-order valence-corrected chi connectivity index (χ0v) is 11.8. The number of nitrogens with zero attached hydrogens (tertiary/aromatic N) is 1. The summed E-state index contributed by atoms with van der Waals surface area (Å²) >= 11 is 0. The molecule has 2 aromatic carbocycles. The first-order valence-corrected chi connectivity index (χ1v) is 7.41. The molecule has 0 bridgehead atoms. The fourth-order valence-electron chi connectivity index (χ4n) is 1.75. The summed E-state index contributed by atoms with van der Waals surface area (Å²) in [4.78, 5) is 21.1. The normalized spacial score (nSPS) is 11.1. The molecule has 2 rings (SSSR count). The van der Waals surface area contributed by atoms with Crippen molar-refractivity contribution in [3.63, 3.8) is 0 Å². The Bertz CT molecular complexity index is 729. The van der Waals surface area contributed by atoms with Crippen LogP contribution in [-0.2, 0) is 9.84 Å². The molecule has 0 aliphatic rings. The highest BCUT2D eigenvalue weighted by Gasteiger charge is 2.19. The summed E-state index contributed by atoms with van der Waals surface area (Å²) in [5.41, 5.74) is 0.235. The minimum absolute atomic E-state index is 0.0290. The van der Waals surface area contributed by atoms with Crippen molar-refractivity contribution in [2.24, 2.45) is 0 Å². The van der Waals surface area contributed by atoms with Crippen molar-refractivity contribution >= 4 is 21.3 Å². The molecule has 0 atom stereocenters. The molecule has 0 aliphatic carbocycles. The lowest BCUT2D eigenvalue weighted by molar-refractivity contribution is -0.384. The average molecular weight is 305 g/mol. The number of carbonyl (C=O) groups excluding carboxylic acids is 1. The SMILES string of the molecule is CC(=O)c1ccc(S(=O)(=O)c2ccc([N+](=O)[O-])cc2)cc1. The number of hydrogen-bond donors (Lipinski definition) is 0. The van der Waals surface area contributed by atoms with E-state index in [-0.39, 0.29) is 21.3 Å². The highest BCUT2D eigenvalue weighted by atomic mass is 32.2. The fraction of sp³-hybridized carbons (Fsp3) is 0.0714. The van der Waals surface area contributed by atoms with Gasteiger partial charge in [-0.05, 0) is 31.2 Å². The predicted molar refractivity (Wildman–Crippen MR) is 75.0 cm³/mol. The lowest BCUT2D eigenvalue weighted by Gasteiger charge is -2.05. The minimum Gasteiger partial charge on any atom is -0.295 e. The lowest BCUT2D eigenvalue weighted by Crippen LogP contribution is -2.03. The van der Waals surface area contributed by atoms with Crippen LogP contribution in [0.2, 0.25) is 0 Å². The lowest BCUT2D eigenvalue weighted by atomic mass is 10.2. The van der Waals surface area contributed by atoms with E-state index in [2.05, 4.69) is 0 Å². The summed E-state index contributed by atoms with van der Waals surface area (Å²) in [6.07, 6.45) is 0. The van der Waals surface area contributed by atoms with Gasteiger partial charge in [0.2, 0.25) is 9.84 Å². The van der Waals surface area contributed by atoms with Crippen LogP contribution in [0.4, 0.5) is 5.69 Å². The molecule has 0 spiro atoms. The fourth-order valence-corrected chi connectivity index (χ4v) is 3.01. The van der Waals surface area contributed by atoms with Gasteiger partial charge in [-0.25, -0.2) is 8.42 Å².